The second-order valence-electron chi connectivity index (χ2n) is 7.86. The molecule has 0 unspecified atom stereocenters. The molecule has 0 saturated carbocycles. The van der Waals surface area contributed by atoms with Crippen LogP contribution in [-0.4, -0.2) is 55.2 Å². The van der Waals surface area contributed by atoms with E-state index in [9.17, 15) is 9.90 Å². The first-order chi connectivity index (χ1) is 14.8. The highest BCUT2D eigenvalue weighted by Gasteiger charge is 2.36. The number of ether oxygens (including phenoxy) is 5. The Morgan fingerprint density at radius 2 is 2.10 bits per heavy atom. The van der Waals surface area contributed by atoms with E-state index >= 15 is 0 Å². The summed E-state index contributed by atoms with van der Waals surface area (Å²) in [5, 5.41) is 10.4. The fourth-order valence-corrected chi connectivity index (χ4v) is 3.07. The summed E-state index contributed by atoms with van der Waals surface area (Å²) in [6, 6.07) is 9.75. The van der Waals surface area contributed by atoms with Crippen molar-refractivity contribution in [1.29, 1.82) is 0 Å². The summed E-state index contributed by atoms with van der Waals surface area (Å²) in [6.45, 7) is 10.6. The minimum Gasteiger partial charge on any atom is -0.435 e. The van der Waals surface area contributed by atoms with Crippen LogP contribution in [0.1, 0.15) is 39.2 Å². The predicted molar refractivity (Wildman–Crippen MR) is 116 cm³/mol. The van der Waals surface area contributed by atoms with Crippen LogP contribution in [0.2, 0.25) is 0 Å². The summed E-state index contributed by atoms with van der Waals surface area (Å²) in [7, 11) is 0. The Morgan fingerprint density at radius 3 is 2.74 bits per heavy atom. The van der Waals surface area contributed by atoms with Crippen LogP contribution >= 0.6 is 0 Å². The zero-order valence-electron chi connectivity index (χ0n) is 18.6. The minimum atomic E-state index is -0.740. The molecule has 2 rings (SSSR count). The second kappa shape index (κ2) is 12.6. The van der Waals surface area contributed by atoms with E-state index in [0.717, 1.165) is 11.1 Å². The fraction of sp³-hybridized carbons (Fsp3) is 0.542. The number of hydrogen-bond donors (Lipinski definition) is 1. The van der Waals surface area contributed by atoms with Crippen LogP contribution in [0.5, 0.6) is 0 Å². The van der Waals surface area contributed by atoms with E-state index in [4.69, 9.17) is 23.7 Å². The molecule has 1 aliphatic heterocycles. The average Bonchev–Trinajstić information content (AvgIpc) is 3.08. The number of carbonyl (C=O) groups is 1. The van der Waals surface area contributed by atoms with E-state index in [1.165, 1.54) is 0 Å². The van der Waals surface area contributed by atoms with Crippen molar-refractivity contribution in [3.63, 3.8) is 0 Å². The van der Waals surface area contributed by atoms with Gasteiger partial charge >= 0.3 is 6.16 Å². The van der Waals surface area contributed by atoms with Crippen LogP contribution in [0.15, 0.2) is 54.6 Å². The van der Waals surface area contributed by atoms with Crippen molar-refractivity contribution in [3.05, 3.63) is 60.2 Å². The lowest BCUT2D eigenvalue weighted by molar-refractivity contribution is -0.150. The van der Waals surface area contributed by atoms with Crippen molar-refractivity contribution >= 4 is 6.16 Å². The van der Waals surface area contributed by atoms with Crippen LogP contribution in [0.3, 0.4) is 0 Å². The molecule has 1 aromatic rings. The summed E-state index contributed by atoms with van der Waals surface area (Å²) < 4.78 is 27.0. The molecular weight excluding hydrogens is 400 g/mol. The molecule has 1 saturated heterocycles. The first kappa shape index (κ1) is 25.1. The molecule has 0 aromatic heterocycles. The second-order valence-corrected chi connectivity index (χ2v) is 7.86. The highest BCUT2D eigenvalue weighted by Crippen LogP contribution is 2.26. The van der Waals surface area contributed by atoms with Crippen molar-refractivity contribution in [2.75, 3.05) is 19.8 Å². The lowest BCUT2D eigenvalue weighted by Gasteiger charge is -2.21. The predicted octanol–water partition coefficient (Wildman–Crippen LogP) is 4.15. The molecule has 1 aliphatic rings. The molecule has 7 nitrogen and oxygen atoms in total. The van der Waals surface area contributed by atoms with Gasteiger partial charge in [-0.1, -0.05) is 48.6 Å². The number of allylic oxidation sites excluding steroid dienone is 1. The van der Waals surface area contributed by atoms with Crippen LogP contribution in [0.4, 0.5) is 4.79 Å². The lowest BCUT2D eigenvalue weighted by Crippen LogP contribution is -2.30. The zero-order chi connectivity index (χ0) is 22.7. The van der Waals surface area contributed by atoms with Gasteiger partial charge in [-0.25, -0.2) is 4.79 Å². The van der Waals surface area contributed by atoms with Crippen molar-refractivity contribution in [2.45, 2.75) is 64.3 Å². The van der Waals surface area contributed by atoms with Crippen molar-refractivity contribution in [3.8, 4) is 0 Å². The molecule has 31 heavy (non-hydrogen) atoms. The standard InChI is InChI=1S/C24H34O7/c1-5-28-23(26)30-20(16-27-15-19-11-7-6-8-12-19)13-9-10-18(2)14-21(25)22-17-29-24(3,4)31-22/h6-9,11-13,20-22,25H,2,5,10,14-17H2,1,3-4H3/b13-9+/t20-,21-,22+/m0/s1. The molecule has 0 spiro atoms. The summed E-state index contributed by atoms with van der Waals surface area (Å²) >= 11 is 0. The van der Waals surface area contributed by atoms with Crippen LogP contribution < -0.4 is 0 Å². The van der Waals surface area contributed by atoms with Gasteiger partial charge < -0.3 is 28.8 Å². The number of benzene rings is 1. The molecule has 7 heteroatoms. The van der Waals surface area contributed by atoms with Gasteiger partial charge in [0.2, 0.25) is 0 Å². The Morgan fingerprint density at radius 1 is 1.35 bits per heavy atom. The third-order valence-electron chi connectivity index (χ3n) is 4.62. The fourth-order valence-electron chi connectivity index (χ4n) is 3.07. The maximum Gasteiger partial charge on any atom is 0.508 e. The molecule has 0 radical (unpaired) electrons. The molecule has 1 aromatic carbocycles. The minimum absolute atomic E-state index is 0.196. The monoisotopic (exact) mass is 434 g/mol. The Hall–Kier alpha value is -2.19. The summed E-state index contributed by atoms with van der Waals surface area (Å²) in [5.74, 6) is -0.676. The van der Waals surface area contributed by atoms with Gasteiger partial charge in [0.05, 0.1) is 32.5 Å². The molecule has 0 amide bonds. The third kappa shape index (κ3) is 9.65. The first-order valence-corrected chi connectivity index (χ1v) is 10.6. The smallest absolute Gasteiger partial charge is 0.435 e. The molecular formula is C24H34O7. The van der Waals surface area contributed by atoms with Gasteiger partial charge in [-0.15, -0.1) is 0 Å². The molecule has 0 aliphatic carbocycles. The summed E-state index contributed by atoms with van der Waals surface area (Å²) in [6.07, 6.45) is 2.12. The van der Waals surface area contributed by atoms with E-state index < -0.39 is 24.2 Å². The molecule has 1 fully saturated rings. The maximum absolute atomic E-state index is 11.7. The Kier molecular flexibility index (Phi) is 10.2. The third-order valence-corrected chi connectivity index (χ3v) is 4.62. The van der Waals surface area contributed by atoms with E-state index in [1.54, 1.807) is 13.0 Å². The van der Waals surface area contributed by atoms with Crippen LogP contribution in [0, 0.1) is 0 Å². The Balaban J connectivity index is 1.80. The number of carbonyl (C=O) groups excluding carboxylic acids is 1. The Labute approximate surface area is 184 Å². The number of aliphatic hydroxyl groups is 1. The summed E-state index contributed by atoms with van der Waals surface area (Å²) in [5.41, 5.74) is 1.86. The SMILES string of the molecule is C=C(C/C=C/[C@@H](COCc1ccccc1)OC(=O)OCC)C[C@H](O)[C@H]1COC(C)(C)O1. The van der Waals surface area contributed by atoms with Gasteiger partial charge in [-0.05, 0) is 45.3 Å². The van der Waals surface area contributed by atoms with Crippen molar-refractivity contribution < 1.29 is 33.6 Å². The zero-order valence-corrected chi connectivity index (χ0v) is 18.6. The maximum atomic E-state index is 11.7. The van der Waals surface area contributed by atoms with E-state index in [1.807, 2.05) is 50.3 Å². The van der Waals surface area contributed by atoms with Gasteiger partial charge in [0.25, 0.3) is 0 Å². The average molecular weight is 435 g/mol. The van der Waals surface area contributed by atoms with E-state index in [2.05, 4.69) is 6.58 Å². The largest absolute Gasteiger partial charge is 0.508 e. The number of aliphatic hydroxyl groups excluding tert-OH is 1. The van der Waals surface area contributed by atoms with Gasteiger partial charge in [0.1, 0.15) is 12.2 Å². The highest BCUT2D eigenvalue weighted by atomic mass is 16.7. The van der Waals surface area contributed by atoms with Crippen LogP contribution in [0.25, 0.3) is 0 Å². The van der Waals surface area contributed by atoms with Crippen molar-refractivity contribution in [2.24, 2.45) is 0 Å². The normalized spacial score (nSPS) is 19.8. The molecule has 3 atom stereocenters. The molecule has 1 heterocycles. The quantitative estimate of drug-likeness (QED) is 0.391. The number of rotatable bonds is 12. The van der Waals surface area contributed by atoms with E-state index in [-0.39, 0.29) is 19.3 Å². The molecule has 1 N–H and O–H groups in total. The van der Waals surface area contributed by atoms with Gasteiger partial charge in [0, 0.05) is 0 Å². The van der Waals surface area contributed by atoms with E-state index in [0.29, 0.717) is 26.1 Å². The van der Waals surface area contributed by atoms with Gasteiger partial charge in [-0.3, -0.25) is 0 Å². The summed E-state index contributed by atoms with van der Waals surface area (Å²) in [4.78, 5) is 11.7. The Bertz CT molecular complexity index is 714. The van der Waals surface area contributed by atoms with Gasteiger partial charge in [-0.2, -0.15) is 0 Å². The topological polar surface area (TPSA) is 83.5 Å². The molecule has 172 valence electrons. The van der Waals surface area contributed by atoms with Crippen molar-refractivity contribution in [1.82, 2.24) is 0 Å². The van der Waals surface area contributed by atoms with Crippen LogP contribution in [-0.2, 0) is 30.3 Å². The number of hydrogen-bond acceptors (Lipinski definition) is 7. The molecule has 0 bridgehead atoms. The first-order valence-electron chi connectivity index (χ1n) is 10.6. The lowest BCUT2D eigenvalue weighted by atomic mass is 10.0. The highest BCUT2D eigenvalue weighted by molar-refractivity contribution is 5.60. The van der Waals surface area contributed by atoms with Gasteiger partial charge in [0.15, 0.2) is 5.79 Å².